The SMILES string of the molecule is O=C(c1cnc2c(c1)C1CC1CN2)N1CCC(F)(F)CC1. The number of aromatic nitrogens is 1. The lowest BCUT2D eigenvalue weighted by Gasteiger charge is -2.32. The molecular weight excluding hydrogens is 276 g/mol. The van der Waals surface area contributed by atoms with Gasteiger partial charge in [0.1, 0.15) is 5.82 Å². The first-order valence-corrected chi connectivity index (χ1v) is 7.44. The van der Waals surface area contributed by atoms with Gasteiger partial charge >= 0.3 is 0 Å². The fraction of sp³-hybridized carbons (Fsp3) is 0.600. The first-order chi connectivity index (χ1) is 10.0. The average molecular weight is 293 g/mol. The van der Waals surface area contributed by atoms with Crippen molar-refractivity contribution < 1.29 is 13.6 Å². The van der Waals surface area contributed by atoms with E-state index in [9.17, 15) is 13.6 Å². The van der Waals surface area contributed by atoms with Crippen LogP contribution in [0.25, 0.3) is 0 Å². The van der Waals surface area contributed by atoms with Crippen LogP contribution < -0.4 is 5.32 Å². The zero-order valence-corrected chi connectivity index (χ0v) is 11.6. The quantitative estimate of drug-likeness (QED) is 0.865. The number of carbonyl (C=O) groups is 1. The normalized spacial score (nSPS) is 29.1. The third-order valence-electron chi connectivity index (χ3n) is 4.80. The fourth-order valence-electron chi connectivity index (χ4n) is 3.33. The van der Waals surface area contributed by atoms with Gasteiger partial charge in [0.15, 0.2) is 0 Å². The number of piperidine rings is 1. The zero-order chi connectivity index (χ0) is 14.6. The number of pyridine rings is 1. The van der Waals surface area contributed by atoms with Crippen molar-refractivity contribution >= 4 is 11.7 Å². The van der Waals surface area contributed by atoms with Gasteiger partial charge < -0.3 is 10.2 Å². The van der Waals surface area contributed by atoms with E-state index in [4.69, 9.17) is 0 Å². The lowest BCUT2D eigenvalue weighted by molar-refractivity contribution is -0.0494. The lowest BCUT2D eigenvalue weighted by Crippen LogP contribution is -2.42. The number of anilines is 1. The summed E-state index contributed by atoms with van der Waals surface area (Å²) in [5.41, 5.74) is 1.63. The van der Waals surface area contributed by atoms with Crippen LogP contribution in [0.4, 0.5) is 14.6 Å². The summed E-state index contributed by atoms with van der Waals surface area (Å²) in [5.74, 6) is -0.750. The van der Waals surface area contributed by atoms with Crippen LogP contribution in [-0.4, -0.2) is 41.3 Å². The number of rotatable bonds is 1. The second kappa shape index (κ2) is 4.39. The summed E-state index contributed by atoms with van der Waals surface area (Å²) in [6.07, 6.45) is 2.21. The first-order valence-electron chi connectivity index (χ1n) is 7.44. The van der Waals surface area contributed by atoms with Crippen LogP contribution in [0.2, 0.25) is 0 Å². The number of likely N-dealkylation sites (tertiary alicyclic amines) is 1. The molecule has 1 saturated heterocycles. The van der Waals surface area contributed by atoms with Gasteiger partial charge in [0.2, 0.25) is 0 Å². The van der Waals surface area contributed by atoms with Crippen LogP contribution in [0.1, 0.15) is 41.1 Å². The molecule has 2 fully saturated rings. The van der Waals surface area contributed by atoms with Gasteiger partial charge in [0.25, 0.3) is 11.8 Å². The molecular formula is C15H17F2N3O. The molecule has 1 N–H and O–H groups in total. The number of halogens is 2. The second-order valence-electron chi connectivity index (χ2n) is 6.29. The molecule has 1 saturated carbocycles. The maximum absolute atomic E-state index is 13.2. The first kappa shape index (κ1) is 13.0. The molecule has 112 valence electrons. The van der Waals surface area contributed by atoms with E-state index in [0.29, 0.717) is 17.4 Å². The molecule has 1 amide bonds. The number of nitrogens with zero attached hydrogens (tertiary/aromatic N) is 2. The predicted molar refractivity (Wildman–Crippen MR) is 73.7 cm³/mol. The zero-order valence-electron chi connectivity index (χ0n) is 11.6. The minimum Gasteiger partial charge on any atom is -0.370 e. The molecule has 2 atom stereocenters. The van der Waals surface area contributed by atoms with E-state index in [1.54, 1.807) is 6.20 Å². The highest BCUT2D eigenvalue weighted by molar-refractivity contribution is 5.94. The van der Waals surface area contributed by atoms with Crippen molar-refractivity contribution in [1.82, 2.24) is 9.88 Å². The van der Waals surface area contributed by atoms with Crippen molar-refractivity contribution in [3.8, 4) is 0 Å². The summed E-state index contributed by atoms with van der Waals surface area (Å²) >= 11 is 0. The van der Waals surface area contributed by atoms with Crippen LogP contribution >= 0.6 is 0 Å². The van der Waals surface area contributed by atoms with Crippen LogP contribution in [0.5, 0.6) is 0 Å². The Morgan fingerprint density at radius 2 is 2.14 bits per heavy atom. The standard InChI is InChI=1S/C15H17F2N3O/c16-15(17)1-3-20(4-2-15)14(21)10-6-12-11-5-9(11)7-18-13(12)19-8-10/h6,8-9,11H,1-5,7H2,(H,18,19). The fourth-order valence-corrected chi connectivity index (χ4v) is 3.33. The number of hydrogen-bond donors (Lipinski definition) is 1. The van der Waals surface area contributed by atoms with E-state index in [1.807, 2.05) is 6.07 Å². The molecule has 21 heavy (non-hydrogen) atoms. The van der Waals surface area contributed by atoms with Gasteiger partial charge in [-0.3, -0.25) is 4.79 Å². The van der Waals surface area contributed by atoms with E-state index >= 15 is 0 Å². The number of fused-ring (bicyclic) bond motifs is 3. The largest absolute Gasteiger partial charge is 0.370 e. The van der Waals surface area contributed by atoms with Crippen molar-refractivity contribution in [2.24, 2.45) is 5.92 Å². The molecule has 1 aromatic heterocycles. The number of carbonyl (C=O) groups excluding carboxylic acids is 1. The molecule has 0 aromatic carbocycles. The van der Waals surface area contributed by atoms with Crippen molar-refractivity contribution in [2.75, 3.05) is 25.0 Å². The monoisotopic (exact) mass is 293 g/mol. The van der Waals surface area contributed by atoms with Crippen LogP contribution in [0.15, 0.2) is 12.3 Å². The van der Waals surface area contributed by atoms with Crippen LogP contribution in [0, 0.1) is 5.92 Å². The Balaban J connectivity index is 1.54. The molecule has 0 spiro atoms. The molecule has 4 rings (SSSR count). The summed E-state index contributed by atoms with van der Waals surface area (Å²) < 4.78 is 26.3. The summed E-state index contributed by atoms with van der Waals surface area (Å²) in [6.45, 7) is 1.19. The maximum Gasteiger partial charge on any atom is 0.255 e. The predicted octanol–water partition coefficient (Wildman–Crippen LogP) is 2.48. The highest BCUT2D eigenvalue weighted by Gasteiger charge is 2.43. The van der Waals surface area contributed by atoms with Gasteiger partial charge in [0, 0.05) is 38.7 Å². The Bertz CT molecular complexity index is 595. The highest BCUT2D eigenvalue weighted by atomic mass is 19.3. The smallest absolute Gasteiger partial charge is 0.255 e. The molecule has 0 radical (unpaired) electrons. The molecule has 2 unspecified atom stereocenters. The van der Waals surface area contributed by atoms with Gasteiger partial charge in [0.05, 0.1) is 5.56 Å². The van der Waals surface area contributed by atoms with E-state index in [2.05, 4.69) is 10.3 Å². The Kier molecular flexibility index (Phi) is 2.71. The molecule has 3 aliphatic rings. The van der Waals surface area contributed by atoms with Gasteiger partial charge in [-0.05, 0) is 29.9 Å². The average Bonchev–Trinajstić information content (AvgIpc) is 3.26. The van der Waals surface area contributed by atoms with E-state index < -0.39 is 5.92 Å². The molecule has 1 aliphatic carbocycles. The Morgan fingerprint density at radius 3 is 2.90 bits per heavy atom. The van der Waals surface area contributed by atoms with E-state index in [0.717, 1.165) is 24.3 Å². The minimum absolute atomic E-state index is 0.118. The molecule has 4 nitrogen and oxygen atoms in total. The summed E-state index contributed by atoms with van der Waals surface area (Å²) in [6, 6.07) is 1.90. The summed E-state index contributed by atoms with van der Waals surface area (Å²) in [7, 11) is 0. The third-order valence-corrected chi connectivity index (χ3v) is 4.80. The summed E-state index contributed by atoms with van der Waals surface area (Å²) in [4.78, 5) is 18.3. The van der Waals surface area contributed by atoms with Crippen molar-refractivity contribution in [3.05, 3.63) is 23.4 Å². The van der Waals surface area contributed by atoms with Crippen LogP contribution in [0.3, 0.4) is 0 Å². The molecule has 6 heteroatoms. The molecule has 2 aliphatic heterocycles. The molecule has 0 bridgehead atoms. The minimum atomic E-state index is -2.63. The van der Waals surface area contributed by atoms with E-state index in [1.165, 1.54) is 4.90 Å². The number of amides is 1. The Morgan fingerprint density at radius 1 is 1.38 bits per heavy atom. The number of alkyl halides is 2. The molecule has 1 aromatic rings. The Labute approximate surface area is 121 Å². The second-order valence-corrected chi connectivity index (χ2v) is 6.29. The van der Waals surface area contributed by atoms with E-state index in [-0.39, 0.29) is 31.8 Å². The Hall–Kier alpha value is -1.72. The van der Waals surface area contributed by atoms with Gasteiger partial charge in [-0.2, -0.15) is 0 Å². The van der Waals surface area contributed by atoms with Crippen molar-refractivity contribution in [3.63, 3.8) is 0 Å². The highest BCUT2D eigenvalue weighted by Crippen LogP contribution is 2.52. The van der Waals surface area contributed by atoms with Crippen molar-refractivity contribution in [2.45, 2.75) is 31.1 Å². The van der Waals surface area contributed by atoms with Crippen LogP contribution in [-0.2, 0) is 0 Å². The van der Waals surface area contributed by atoms with Gasteiger partial charge in [-0.25, -0.2) is 13.8 Å². The van der Waals surface area contributed by atoms with Crippen molar-refractivity contribution in [1.29, 1.82) is 0 Å². The van der Waals surface area contributed by atoms with Gasteiger partial charge in [-0.15, -0.1) is 0 Å². The topological polar surface area (TPSA) is 45.2 Å². The number of nitrogens with one attached hydrogen (secondary N) is 1. The maximum atomic E-state index is 13.2. The molecule has 3 heterocycles. The summed E-state index contributed by atoms with van der Waals surface area (Å²) in [5, 5.41) is 3.28. The third kappa shape index (κ3) is 2.26. The number of hydrogen-bond acceptors (Lipinski definition) is 3. The lowest BCUT2D eigenvalue weighted by atomic mass is 10.0. The van der Waals surface area contributed by atoms with Gasteiger partial charge in [-0.1, -0.05) is 0 Å².